The fraction of sp³-hybridized carbons (Fsp3) is 0.412. The molecular weight excluding hydrogens is 359 g/mol. The Bertz CT molecular complexity index is 851. The highest BCUT2D eigenvalue weighted by Gasteiger charge is 2.32. The maximum atomic E-state index is 13.0. The second-order valence-electron chi connectivity index (χ2n) is 6.27. The summed E-state index contributed by atoms with van der Waals surface area (Å²) in [6.07, 6.45) is 4.39. The predicted molar refractivity (Wildman–Crippen MR) is 94.7 cm³/mol. The summed E-state index contributed by atoms with van der Waals surface area (Å²) >= 11 is 0. The summed E-state index contributed by atoms with van der Waals surface area (Å²) in [5, 5.41) is 0. The first-order valence-corrected chi connectivity index (χ1v) is 9.69. The van der Waals surface area contributed by atoms with Crippen LogP contribution in [0.25, 0.3) is 0 Å². The number of halogens is 1. The van der Waals surface area contributed by atoms with Gasteiger partial charge in [-0.25, -0.2) is 9.37 Å². The number of piperidine rings is 1. The van der Waals surface area contributed by atoms with Gasteiger partial charge in [-0.3, -0.25) is 4.98 Å². The summed E-state index contributed by atoms with van der Waals surface area (Å²) in [6.45, 7) is 0.829. The van der Waals surface area contributed by atoms with Crippen LogP contribution in [0.4, 0.5) is 4.39 Å². The van der Waals surface area contributed by atoms with E-state index in [0.29, 0.717) is 43.3 Å². The summed E-state index contributed by atoms with van der Waals surface area (Å²) in [6, 6.07) is 5.69. The Kier molecular flexibility index (Phi) is 5.49. The Morgan fingerprint density at radius 3 is 2.35 bits per heavy atom. The molecule has 7 nitrogen and oxygen atoms in total. The molecule has 0 saturated carbocycles. The molecule has 0 bridgehead atoms. The van der Waals surface area contributed by atoms with Gasteiger partial charge in [-0.2, -0.15) is 17.0 Å². The van der Waals surface area contributed by atoms with Crippen molar-refractivity contribution in [2.75, 3.05) is 27.2 Å². The predicted octanol–water partition coefficient (Wildman–Crippen LogP) is 2.39. The monoisotopic (exact) mass is 380 g/mol. The van der Waals surface area contributed by atoms with Gasteiger partial charge < -0.3 is 4.74 Å². The Hall–Kier alpha value is -2.10. The molecule has 0 radical (unpaired) electrons. The second-order valence-corrected chi connectivity index (χ2v) is 8.41. The summed E-state index contributed by atoms with van der Waals surface area (Å²) in [4.78, 5) is 8.65. The topological polar surface area (TPSA) is 75.6 Å². The number of aromatic nitrogens is 2. The molecule has 0 atom stereocenters. The van der Waals surface area contributed by atoms with Crippen LogP contribution in [0, 0.1) is 5.82 Å². The molecule has 2 aromatic rings. The summed E-state index contributed by atoms with van der Waals surface area (Å²) < 4.78 is 46.0. The standard InChI is InChI=1S/C17H21FN4O3S/c1-21(2)26(23,24)22-11-7-13(8-12-22)16-17(20-10-9-19-16)25-15-5-3-14(18)4-6-15/h3-6,9-10,13H,7-8,11-12H2,1-2H3. The molecule has 1 aliphatic heterocycles. The van der Waals surface area contributed by atoms with Gasteiger partial charge >= 0.3 is 0 Å². The molecule has 1 aromatic heterocycles. The number of nitrogens with zero attached hydrogens (tertiary/aromatic N) is 4. The van der Waals surface area contributed by atoms with Gasteiger partial charge in [-0.05, 0) is 37.1 Å². The van der Waals surface area contributed by atoms with Gasteiger partial charge in [0.2, 0.25) is 5.88 Å². The molecule has 140 valence electrons. The molecule has 1 aliphatic rings. The first-order chi connectivity index (χ1) is 12.4. The minimum absolute atomic E-state index is 0.0489. The molecule has 2 heterocycles. The molecule has 3 rings (SSSR count). The van der Waals surface area contributed by atoms with Crippen LogP contribution >= 0.6 is 0 Å². The average Bonchev–Trinajstić information content (AvgIpc) is 2.64. The third-order valence-electron chi connectivity index (χ3n) is 4.35. The Labute approximate surface area is 152 Å². The Morgan fingerprint density at radius 1 is 1.12 bits per heavy atom. The fourth-order valence-corrected chi connectivity index (χ4v) is 4.03. The van der Waals surface area contributed by atoms with Gasteiger partial charge in [0.25, 0.3) is 10.2 Å². The molecule has 0 N–H and O–H groups in total. The molecule has 1 fully saturated rings. The van der Waals surface area contributed by atoms with Crippen LogP contribution in [0.1, 0.15) is 24.5 Å². The van der Waals surface area contributed by atoms with E-state index in [2.05, 4.69) is 9.97 Å². The van der Waals surface area contributed by atoms with Gasteiger partial charge in [0.15, 0.2) is 0 Å². The van der Waals surface area contributed by atoms with Crippen molar-refractivity contribution in [2.24, 2.45) is 0 Å². The third-order valence-corrected chi connectivity index (χ3v) is 6.29. The van der Waals surface area contributed by atoms with Crippen LogP contribution in [-0.4, -0.2) is 54.2 Å². The highest BCUT2D eigenvalue weighted by atomic mass is 32.2. The minimum Gasteiger partial charge on any atom is -0.437 e. The SMILES string of the molecule is CN(C)S(=O)(=O)N1CCC(c2nccnc2Oc2ccc(F)cc2)CC1. The van der Waals surface area contributed by atoms with E-state index in [1.165, 1.54) is 53.2 Å². The lowest BCUT2D eigenvalue weighted by Gasteiger charge is -2.32. The summed E-state index contributed by atoms with van der Waals surface area (Å²) in [5.41, 5.74) is 0.693. The summed E-state index contributed by atoms with van der Waals surface area (Å²) in [5.74, 6) is 0.549. The Balaban J connectivity index is 1.74. The molecule has 0 amide bonds. The molecule has 0 aliphatic carbocycles. The van der Waals surface area contributed by atoms with E-state index in [0.717, 1.165) is 0 Å². The van der Waals surface area contributed by atoms with Crippen molar-refractivity contribution in [2.45, 2.75) is 18.8 Å². The van der Waals surface area contributed by atoms with E-state index in [4.69, 9.17) is 4.74 Å². The zero-order valence-electron chi connectivity index (χ0n) is 14.7. The van der Waals surface area contributed by atoms with Crippen molar-refractivity contribution in [3.05, 3.63) is 48.2 Å². The average molecular weight is 380 g/mol. The van der Waals surface area contributed by atoms with Crippen LogP contribution in [-0.2, 0) is 10.2 Å². The summed E-state index contributed by atoms with van der Waals surface area (Å²) in [7, 11) is -0.351. The molecule has 9 heteroatoms. The lowest BCUT2D eigenvalue weighted by molar-refractivity contribution is 0.296. The lowest BCUT2D eigenvalue weighted by Crippen LogP contribution is -2.44. The van der Waals surface area contributed by atoms with Crippen LogP contribution in [0.2, 0.25) is 0 Å². The molecule has 0 spiro atoms. The maximum Gasteiger partial charge on any atom is 0.281 e. The van der Waals surface area contributed by atoms with Gasteiger partial charge in [0.1, 0.15) is 17.3 Å². The fourth-order valence-electron chi connectivity index (χ4n) is 2.90. The smallest absolute Gasteiger partial charge is 0.281 e. The lowest BCUT2D eigenvalue weighted by atomic mass is 9.94. The van der Waals surface area contributed by atoms with E-state index in [1.54, 1.807) is 6.20 Å². The number of hydrogen-bond acceptors (Lipinski definition) is 5. The molecule has 0 unspecified atom stereocenters. The van der Waals surface area contributed by atoms with Gasteiger partial charge in [0, 0.05) is 45.5 Å². The Morgan fingerprint density at radius 2 is 1.73 bits per heavy atom. The van der Waals surface area contributed by atoms with Crippen LogP contribution < -0.4 is 4.74 Å². The maximum absolute atomic E-state index is 13.0. The molecule has 1 saturated heterocycles. The molecular formula is C17H21FN4O3S. The first kappa shape index (κ1) is 18.7. The molecule has 26 heavy (non-hydrogen) atoms. The highest BCUT2D eigenvalue weighted by molar-refractivity contribution is 7.86. The van der Waals surface area contributed by atoms with E-state index < -0.39 is 10.2 Å². The molecule has 1 aromatic carbocycles. The van der Waals surface area contributed by atoms with Crippen molar-refractivity contribution in [3.63, 3.8) is 0 Å². The number of ether oxygens (including phenoxy) is 1. The number of benzene rings is 1. The van der Waals surface area contributed by atoms with Crippen molar-refractivity contribution < 1.29 is 17.5 Å². The number of hydrogen-bond donors (Lipinski definition) is 0. The third kappa shape index (κ3) is 4.00. The quantitative estimate of drug-likeness (QED) is 0.796. The van der Waals surface area contributed by atoms with Gasteiger partial charge in [-0.1, -0.05) is 0 Å². The van der Waals surface area contributed by atoms with Gasteiger partial charge in [0.05, 0.1) is 0 Å². The van der Waals surface area contributed by atoms with Crippen molar-refractivity contribution >= 4 is 10.2 Å². The zero-order valence-corrected chi connectivity index (χ0v) is 15.5. The van der Waals surface area contributed by atoms with Crippen LogP contribution in [0.15, 0.2) is 36.7 Å². The second kappa shape index (κ2) is 7.65. The number of rotatable bonds is 5. The van der Waals surface area contributed by atoms with E-state index in [1.807, 2.05) is 0 Å². The van der Waals surface area contributed by atoms with E-state index in [9.17, 15) is 12.8 Å². The van der Waals surface area contributed by atoms with Crippen molar-refractivity contribution in [1.82, 2.24) is 18.6 Å². The first-order valence-electron chi connectivity index (χ1n) is 8.30. The highest BCUT2D eigenvalue weighted by Crippen LogP contribution is 2.34. The van der Waals surface area contributed by atoms with Crippen LogP contribution in [0.3, 0.4) is 0 Å². The van der Waals surface area contributed by atoms with Crippen LogP contribution in [0.5, 0.6) is 11.6 Å². The van der Waals surface area contributed by atoms with Gasteiger partial charge in [-0.15, -0.1) is 0 Å². The van der Waals surface area contributed by atoms with Crippen molar-refractivity contribution in [1.29, 1.82) is 0 Å². The van der Waals surface area contributed by atoms with E-state index in [-0.39, 0.29) is 11.7 Å². The zero-order chi connectivity index (χ0) is 18.7. The largest absolute Gasteiger partial charge is 0.437 e. The minimum atomic E-state index is -3.40. The van der Waals surface area contributed by atoms with Crippen molar-refractivity contribution in [3.8, 4) is 11.6 Å². The normalized spacial score (nSPS) is 16.8. The van der Waals surface area contributed by atoms with E-state index >= 15 is 0 Å².